The number of benzene rings is 1. The maximum absolute atomic E-state index is 12.9. The van der Waals surface area contributed by atoms with Crippen molar-refractivity contribution in [1.29, 1.82) is 0 Å². The number of esters is 1. The Morgan fingerprint density at radius 1 is 1.14 bits per heavy atom. The average molecular weight is 511 g/mol. The van der Waals surface area contributed by atoms with Crippen molar-refractivity contribution in [2.45, 2.75) is 38.9 Å². The Labute approximate surface area is 211 Å². The minimum absolute atomic E-state index is 0.0835. The van der Waals surface area contributed by atoms with Gasteiger partial charge in [0.25, 0.3) is 0 Å². The number of hydrogen-bond donors (Lipinski definition) is 1. The average Bonchev–Trinajstić information content (AvgIpc) is 3.55. The van der Waals surface area contributed by atoms with Gasteiger partial charge < -0.3 is 14.5 Å². The zero-order valence-electron chi connectivity index (χ0n) is 20.1. The molecule has 4 aromatic rings. The second-order valence-electron chi connectivity index (χ2n) is 8.21. The van der Waals surface area contributed by atoms with Crippen LogP contribution in [0.1, 0.15) is 41.6 Å². The first-order valence-corrected chi connectivity index (χ1v) is 12.9. The number of aromatic nitrogens is 3. The molecule has 35 heavy (non-hydrogen) atoms. The predicted octanol–water partition coefficient (Wildman–Crippen LogP) is 5.98. The largest absolute Gasteiger partial charge is 0.469 e. The summed E-state index contributed by atoms with van der Waals surface area (Å²) in [6.45, 7) is 7.95. The fourth-order valence-electron chi connectivity index (χ4n) is 3.63. The van der Waals surface area contributed by atoms with Crippen LogP contribution in [0.3, 0.4) is 0 Å². The van der Waals surface area contributed by atoms with Gasteiger partial charge in [-0.15, -0.1) is 21.5 Å². The van der Waals surface area contributed by atoms with Crippen molar-refractivity contribution in [2.24, 2.45) is 0 Å². The summed E-state index contributed by atoms with van der Waals surface area (Å²) in [6, 6.07) is 9.79. The molecule has 0 radical (unpaired) electrons. The van der Waals surface area contributed by atoms with Crippen LogP contribution in [0.5, 0.6) is 0 Å². The summed E-state index contributed by atoms with van der Waals surface area (Å²) in [5, 5.41) is 14.5. The lowest BCUT2D eigenvalue weighted by Gasteiger charge is -2.13. The Bertz CT molecular complexity index is 1350. The topological polar surface area (TPSA) is 99.2 Å². The fraction of sp³-hybridized carbons (Fsp3) is 0.280. The summed E-state index contributed by atoms with van der Waals surface area (Å²) in [4.78, 5) is 25.4. The third-order valence-electron chi connectivity index (χ3n) is 5.41. The van der Waals surface area contributed by atoms with Crippen molar-refractivity contribution in [3.8, 4) is 22.5 Å². The lowest BCUT2D eigenvalue weighted by Crippen LogP contribution is -2.16. The molecule has 0 spiro atoms. The molecular weight excluding hydrogens is 484 g/mol. The van der Waals surface area contributed by atoms with E-state index in [4.69, 9.17) is 9.15 Å². The first-order valence-electron chi connectivity index (χ1n) is 11.0. The molecular formula is C25H26N4O4S2. The van der Waals surface area contributed by atoms with Crippen molar-refractivity contribution in [1.82, 2.24) is 14.8 Å². The van der Waals surface area contributed by atoms with Gasteiger partial charge in [-0.3, -0.25) is 9.36 Å². The number of carbonyl (C=O) groups excluding carboxylic acids is 2. The summed E-state index contributed by atoms with van der Waals surface area (Å²) in [6.07, 6.45) is 1.62. The van der Waals surface area contributed by atoms with Gasteiger partial charge in [0.05, 0.1) is 24.7 Å². The quantitative estimate of drug-likeness (QED) is 0.230. The number of hydrogen-bond acceptors (Lipinski definition) is 8. The van der Waals surface area contributed by atoms with E-state index in [9.17, 15) is 9.59 Å². The third-order valence-corrected chi connectivity index (χ3v) is 7.25. The zero-order chi connectivity index (χ0) is 25.1. The maximum atomic E-state index is 12.9. The molecule has 0 bridgehead atoms. The second kappa shape index (κ2) is 10.5. The number of nitrogens with one attached hydrogen (secondary N) is 1. The zero-order valence-corrected chi connectivity index (χ0v) is 21.8. The van der Waals surface area contributed by atoms with E-state index in [0.29, 0.717) is 21.5 Å². The Hall–Kier alpha value is -3.37. The van der Waals surface area contributed by atoms with Gasteiger partial charge in [-0.2, -0.15) is 0 Å². The number of thiophene rings is 1. The van der Waals surface area contributed by atoms with Crippen molar-refractivity contribution in [2.75, 3.05) is 18.2 Å². The van der Waals surface area contributed by atoms with Gasteiger partial charge in [0.2, 0.25) is 5.91 Å². The summed E-state index contributed by atoms with van der Waals surface area (Å²) in [5.41, 5.74) is 3.95. The van der Waals surface area contributed by atoms with Crippen LogP contribution in [0.4, 0.5) is 5.00 Å². The highest BCUT2D eigenvalue weighted by atomic mass is 32.2. The van der Waals surface area contributed by atoms with Crippen molar-refractivity contribution >= 4 is 40.0 Å². The molecule has 182 valence electrons. The van der Waals surface area contributed by atoms with Crippen LogP contribution >= 0.6 is 23.1 Å². The van der Waals surface area contributed by atoms with Gasteiger partial charge in [-0.1, -0.05) is 41.6 Å². The number of furan rings is 1. The highest BCUT2D eigenvalue weighted by Gasteiger charge is 2.24. The third kappa shape index (κ3) is 5.18. The maximum Gasteiger partial charge on any atom is 0.341 e. The molecule has 3 heterocycles. The van der Waals surface area contributed by atoms with E-state index in [-0.39, 0.29) is 17.7 Å². The molecule has 1 amide bonds. The molecule has 3 aromatic heterocycles. The van der Waals surface area contributed by atoms with Crippen LogP contribution in [0.2, 0.25) is 0 Å². The number of amides is 1. The molecule has 1 N–H and O–H groups in total. The molecule has 0 aliphatic carbocycles. The van der Waals surface area contributed by atoms with E-state index < -0.39 is 5.97 Å². The van der Waals surface area contributed by atoms with Gasteiger partial charge in [0.1, 0.15) is 16.3 Å². The van der Waals surface area contributed by atoms with E-state index in [2.05, 4.69) is 15.5 Å². The molecule has 0 unspecified atom stereocenters. The van der Waals surface area contributed by atoms with E-state index in [1.54, 1.807) is 6.26 Å². The minimum atomic E-state index is -0.496. The second-order valence-corrected chi connectivity index (χ2v) is 10.0. The van der Waals surface area contributed by atoms with Gasteiger partial charge in [0.15, 0.2) is 11.0 Å². The predicted molar refractivity (Wildman–Crippen MR) is 138 cm³/mol. The number of aryl methyl sites for hydroxylation is 2. The first-order chi connectivity index (χ1) is 16.8. The molecule has 0 aliphatic heterocycles. The number of methoxy groups -OCH3 is 1. The van der Waals surface area contributed by atoms with E-state index >= 15 is 0 Å². The van der Waals surface area contributed by atoms with Crippen molar-refractivity contribution in [3.05, 3.63) is 58.9 Å². The lowest BCUT2D eigenvalue weighted by atomic mass is 10.0. The SMILES string of the molecule is COC(=O)c1c(-c2ccc(C)cc2)csc1NC(=O)CSc1nnc(-c2ccoc2C)n1C(C)C. The molecule has 10 heteroatoms. The standard InChI is InChI=1S/C25H26N4O4S2/c1-14(2)29-22(18-10-11-33-16(18)4)27-28-25(29)35-13-20(30)26-23-21(24(31)32-5)19(12-34-23)17-8-6-15(3)7-9-17/h6-12,14H,13H2,1-5H3,(H,26,30). The van der Waals surface area contributed by atoms with Gasteiger partial charge in [-0.25, -0.2) is 4.79 Å². The number of thioether (sulfide) groups is 1. The number of nitrogens with zero attached hydrogens (tertiary/aromatic N) is 3. The Kier molecular flexibility index (Phi) is 7.42. The number of rotatable bonds is 8. The lowest BCUT2D eigenvalue weighted by molar-refractivity contribution is -0.113. The van der Waals surface area contributed by atoms with E-state index in [1.165, 1.54) is 30.2 Å². The molecule has 1 aromatic carbocycles. The van der Waals surface area contributed by atoms with E-state index in [0.717, 1.165) is 28.0 Å². The van der Waals surface area contributed by atoms with Crippen molar-refractivity contribution in [3.63, 3.8) is 0 Å². The molecule has 0 aliphatic rings. The molecule has 4 rings (SSSR count). The number of carbonyl (C=O) groups is 2. The minimum Gasteiger partial charge on any atom is -0.469 e. The first kappa shape index (κ1) is 24.7. The summed E-state index contributed by atoms with van der Waals surface area (Å²) < 4.78 is 12.4. The number of anilines is 1. The molecule has 0 saturated heterocycles. The summed E-state index contributed by atoms with van der Waals surface area (Å²) >= 11 is 2.58. The molecule has 0 fully saturated rings. The van der Waals surface area contributed by atoms with Crippen LogP contribution in [0, 0.1) is 13.8 Å². The van der Waals surface area contributed by atoms with Gasteiger partial charge >= 0.3 is 5.97 Å². The van der Waals surface area contributed by atoms with Gasteiger partial charge in [-0.05, 0) is 39.3 Å². The smallest absolute Gasteiger partial charge is 0.341 e. The summed E-state index contributed by atoms with van der Waals surface area (Å²) in [7, 11) is 1.33. The monoisotopic (exact) mass is 510 g/mol. The Morgan fingerprint density at radius 3 is 2.51 bits per heavy atom. The Morgan fingerprint density at radius 2 is 1.89 bits per heavy atom. The van der Waals surface area contributed by atoms with E-state index in [1.807, 2.05) is 68.0 Å². The van der Waals surface area contributed by atoms with Crippen LogP contribution in [0.15, 0.2) is 51.5 Å². The van der Waals surface area contributed by atoms with Crippen LogP contribution in [-0.4, -0.2) is 39.5 Å². The Balaban J connectivity index is 1.53. The fourth-order valence-corrected chi connectivity index (χ4v) is 5.48. The molecule has 8 nitrogen and oxygen atoms in total. The van der Waals surface area contributed by atoms with Crippen LogP contribution in [-0.2, 0) is 9.53 Å². The molecule has 0 saturated carbocycles. The van der Waals surface area contributed by atoms with Crippen LogP contribution in [0.25, 0.3) is 22.5 Å². The highest BCUT2D eigenvalue weighted by Crippen LogP contribution is 2.37. The highest BCUT2D eigenvalue weighted by molar-refractivity contribution is 7.99. The van der Waals surface area contributed by atoms with Crippen molar-refractivity contribution < 1.29 is 18.7 Å². The normalized spacial score (nSPS) is 11.1. The van der Waals surface area contributed by atoms with Crippen LogP contribution < -0.4 is 5.32 Å². The number of ether oxygens (including phenoxy) is 1. The molecule has 0 atom stereocenters. The summed E-state index contributed by atoms with van der Waals surface area (Å²) in [5.74, 6) is 0.809. The van der Waals surface area contributed by atoms with Gasteiger partial charge in [0, 0.05) is 17.0 Å².